The topological polar surface area (TPSA) is 123 Å². The molecule has 1 atom stereocenters. The predicted molar refractivity (Wildman–Crippen MR) is 77.5 cm³/mol. The molecule has 1 aliphatic rings. The smallest absolute Gasteiger partial charge is 0.320 e. The van der Waals surface area contributed by atoms with E-state index in [1.807, 2.05) is 0 Å². The first-order valence-corrected chi connectivity index (χ1v) is 7.09. The molecule has 0 aliphatic carbocycles. The van der Waals surface area contributed by atoms with Crippen LogP contribution in [0.15, 0.2) is 28.8 Å². The van der Waals surface area contributed by atoms with E-state index in [0.29, 0.717) is 30.2 Å². The van der Waals surface area contributed by atoms with Gasteiger partial charge in [-0.3, -0.25) is 19.8 Å². The van der Waals surface area contributed by atoms with E-state index in [1.54, 1.807) is 17.0 Å². The third-order valence-electron chi connectivity index (χ3n) is 3.79. The maximum atomic E-state index is 11.2. The van der Waals surface area contributed by atoms with Crippen molar-refractivity contribution < 1.29 is 19.3 Å². The fourth-order valence-electron chi connectivity index (χ4n) is 2.64. The van der Waals surface area contributed by atoms with Gasteiger partial charge < -0.3 is 9.63 Å². The number of rotatable bonds is 5. The number of aliphatic carboxylic acids is 1. The number of likely N-dealkylation sites (tertiary alicyclic amines) is 1. The number of aromatic nitrogens is 2. The molecule has 23 heavy (non-hydrogen) atoms. The van der Waals surface area contributed by atoms with Crippen LogP contribution < -0.4 is 0 Å². The molecule has 9 nitrogen and oxygen atoms in total. The molecule has 0 spiro atoms. The minimum absolute atomic E-state index is 0.0150. The Morgan fingerprint density at radius 3 is 2.83 bits per heavy atom. The number of benzene rings is 1. The summed E-state index contributed by atoms with van der Waals surface area (Å²) in [4.78, 5) is 27.3. The van der Waals surface area contributed by atoms with Crippen molar-refractivity contribution in [2.45, 2.75) is 25.4 Å². The molecule has 0 unspecified atom stereocenters. The molecule has 1 aliphatic heterocycles. The quantitative estimate of drug-likeness (QED) is 0.652. The van der Waals surface area contributed by atoms with Crippen molar-refractivity contribution in [2.75, 3.05) is 6.54 Å². The first-order valence-electron chi connectivity index (χ1n) is 7.09. The number of carbonyl (C=O) groups is 1. The molecule has 0 saturated carbocycles. The van der Waals surface area contributed by atoms with E-state index in [9.17, 15) is 14.9 Å². The van der Waals surface area contributed by atoms with Crippen LogP contribution in [0.2, 0.25) is 0 Å². The number of hydrogen-bond donors (Lipinski definition) is 1. The van der Waals surface area contributed by atoms with Crippen molar-refractivity contribution in [3.63, 3.8) is 0 Å². The summed E-state index contributed by atoms with van der Waals surface area (Å²) >= 11 is 0. The maximum Gasteiger partial charge on any atom is 0.320 e. The van der Waals surface area contributed by atoms with E-state index in [1.165, 1.54) is 12.1 Å². The second kappa shape index (κ2) is 6.13. The zero-order chi connectivity index (χ0) is 16.4. The summed E-state index contributed by atoms with van der Waals surface area (Å²) in [6.45, 7) is 0.948. The van der Waals surface area contributed by atoms with Gasteiger partial charge in [0.15, 0.2) is 0 Å². The van der Waals surface area contributed by atoms with E-state index in [4.69, 9.17) is 9.63 Å². The monoisotopic (exact) mass is 318 g/mol. The number of hydrogen-bond acceptors (Lipinski definition) is 7. The lowest BCUT2D eigenvalue weighted by atomic mass is 10.2. The number of non-ortho nitro benzene ring substituents is 1. The number of nitro benzene ring substituents is 1. The lowest BCUT2D eigenvalue weighted by molar-refractivity contribution is -0.384. The second-order valence-electron chi connectivity index (χ2n) is 5.28. The van der Waals surface area contributed by atoms with Crippen molar-refractivity contribution in [1.82, 2.24) is 15.0 Å². The molecule has 120 valence electrons. The van der Waals surface area contributed by atoms with Gasteiger partial charge in [0.2, 0.25) is 11.7 Å². The van der Waals surface area contributed by atoms with Crippen LogP contribution in [0, 0.1) is 10.1 Å². The Morgan fingerprint density at radius 1 is 1.43 bits per heavy atom. The largest absolute Gasteiger partial charge is 0.480 e. The summed E-state index contributed by atoms with van der Waals surface area (Å²) in [5.41, 5.74) is 0.584. The summed E-state index contributed by atoms with van der Waals surface area (Å²) in [6.07, 6.45) is 1.43. The Bertz CT molecular complexity index is 727. The first-order chi connectivity index (χ1) is 11.0. The first kappa shape index (κ1) is 15.1. The Labute approximate surface area is 130 Å². The molecule has 1 saturated heterocycles. The van der Waals surface area contributed by atoms with Gasteiger partial charge in [0.1, 0.15) is 6.04 Å². The number of nitro groups is 1. The summed E-state index contributed by atoms with van der Waals surface area (Å²) in [5.74, 6) is -0.204. The number of carboxylic acids is 1. The Balaban J connectivity index is 1.73. The van der Waals surface area contributed by atoms with E-state index in [0.717, 1.165) is 6.42 Å². The third kappa shape index (κ3) is 3.19. The van der Waals surface area contributed by atoms with Crippen molar-refractivity contribution in [3.8, 4) is 11.4 Å². The highest BCUT2D eigenvalue weighted by Crippen LogP contribution is 2.22. The Kier molecular flexibility index (Phi) is 4.02. The zero-order valence-corrected chi connectivity index (χ0v) is 12.1. The highest BCUT2D eigenvalue weighted by Gasteiger charge is 2.31. The van der Waals surface area contributed by atoms with E-state index in [-0.39, 0.29) is 12.2 Å². The van der Waals surface area contributed by atoms with E-state index < -0.39 is 16.9 Å². The van der Waals surface area contributed by atoms with Gasteiger partial charge in [-0.2, -0.15) is 4.98 Å². The molecule has 1 fully saturated rings. The standard InChI is InChI=1S/C14H14N4O5/c19-14(20)11-2-1-7-17(11)8-12-15-13(16-23-12)9-3-5-10(6-4-9)18(21)22/h3-6,11H,1-2,7-8H2,(H,19,20)/t11-/m0/s1. The lowest BCUT2D eigenvalue weighted by Crippen LogP contribution is -2.35. The average molecular weight is 318 g/mol. The van der Waals surface area contributed by atoms with Crippen molar-refractivity contribution in [1.29, 1.82) is 0 Å². The average Bonchev–Trinajstić information content (AvgIpc) is 3.17. The molecule has 2 heterocycles. The maximum absolute atomic E-state index is 11.2. The Morgan fingerprint density at radius 2 is 2.17 bits per heavy atom. The minimum atomic E-state index is -0.849. The van der Waals surface area contributed by atoms with Crippen molar-refractivity contribution in [2.24, 2.45) is 0 Å². The van der Waals surface area contributed by atoms with Crippen LogP contribution in [-0.2, 0) is 11.3 Å². The van der Waals surface area contributed by atoms with Crippen LogP contribution in [0.4, 0.5) is 5.69 Å². The molecule has 9 heteroatoms. The normalized spacial score (nSPS) is 18.2. The summed E-state index contributed by atoms with van der Waals surface area (Å²) in [6, 6.07) is 5.30. The predicted octanol–water partition coefficient (Wildman–Crippen LogP) is 1.69. The van der Waals surface area contributed by atoms with Crippen molar-refractivity contribution in [3.05, 3.63) is 40.3 Å². The van der Waals surface area contributed by atoms with Crippen molar-refractivity contribution >= 4 is 11.7 Å². The van der Waals surface area contributed by atoms with Crippen LogP contribution in [-0.4, -0.2) is 43.6 Å². The van der Waals surface area contributed by atoms with Crippen LogP contribution >= 0.6 is 0 Å². The van der Waals surface area contributed by atoms with Gasteiger partial charge >= 0.3 is 5.97 Å². The molecule has 0 bridgehead atoms. The summed E-state index contributed by atoms with van der Waals surface area (Å²) in [7, 11) is 0. The van der Waals surface area contributed by atoms with E-state index in [2.05, 4.69) is 10.1 Å². The molecular formula is C14H14N4O5. The minimum Gasteiger partial charge on any atom is -0.480 e. The molecular weight excluding hydrogens is 304 g/mol. The molecule has 0 amide bonds. The highest BCUT2D eigenvalue weighted by atomic mass is 16.6. The summed E-state index contributed by atoms with van der Waals surface area (Å²) < 4.78 is 5.16. The molecule has 0 radical (unpaired) electrons. The van der Waals surface area contributed by atoms with Crippen LogP contribution in [0.25, 0.3) is 11.4 Å². The second-order valence-corrected chi connectivity index (χ2v) is 5.28. The van der Waals surface area contributed by atoms with Gasteiger partial charge in [-0.1, -0.05) is 5.16 Å². The number of carboxylic acid groups (broad SMARTS) is 1. The summed E-state index contributed by atoms with van der Waals surface area (Å²) in [5, 5.41) is 23.6. The van der Waals surface area contributed by atoms with Gasteiger partial charge in [0.25, 0.3) is 5.69 Å². The van der Waals surface area contributed by atoms with Gasteiger partial charge in [-0.25, -0.2) is 0 Å². The van der Waals surface area contributed by atoms with Gasteiger partial charge in [-0.15, -0.1) is 0 Å². The fraction of sp³-hybridized carbons (Fsp3) is 0.357. The van der Waals surface area contributed by atoms with Crippen LogP contribution in [0.3, 0.4) is 0 Å². The van der Waals surface area contributed by atoms with Gasteiger partial charge in [0, 0.05) is 17.7 Å². The zero-order valence-electron chi connectivity index (χ0n) is 12.1. The van der Waals surface area contributed by atoms with E-state index >= 15 is 0 Å². The number of nitrogens with zero attached hydrogens (tertiary/aromatic N) is 4. The SMILES string of the molecule is O=C(O)[C@@H]1CCCN1Cc1nc(-c2ccc([N+](=O)[O-])cc2)no1. The fourth-order valence-corrected chi connectivity index (χ4v) is 2.64. The molecule has 3 rings (SSSR count). The van der Waals surface area contributed by atoms with Crippen LogP contribution in [0.1, 0.15) is 18.7 Å². The molecule has 1 N–H and O–H groups in total. The van der Waals surface area contributed by atoms with Crippen LogP contribution in [0.5, 0.6) is 0 Å². The highest BCUT2D eigenvalue weighted by molar-refractivity contribution is 5.73. The molecule has 1 aromatic heterocycles. The van der Waals surface area contributed by atoms with Gasteiger partial charge in [0.05, 0.1) is 11.5 Å². The molecule has 1 aromatic carbocycles. The molecule has 2 aromatic rings. The van der Waals surface area contributed by atoms with Gasteiger partial charge in [-0.05, 0) is 31.5 Å². The third-order valence-corrected chi connectivity index (χ3v) is 3.79. The lowest BCUT2D eigenvalue weighted by Gasteiger charge is -2.18. The Hall–Kier alpha value is -2.81.